The van der Waals surface area contributed by atoms with Crippen LogP contribution in [-0.2, 0) is 73.0 Å². The van der Waals surface area contributed by atoms with Crippen LogP contribution in [-0.4, -0.2) is 198 Å². The van der Waals surface area contributed by atoms with Crippen molar-refractivity contribution in [2.24, 2.45) is 16.6 Å². The van der Waals surface area contributed by atoms with Crippen LogP contribution in [0.2, 0.25) is 0 Å². The van der Waals surface area contributed by atoms with Gasteiger partial charge in [0.15, 0.2) is 0 Å². The standard InChI is InChI=1S/C48H84N4O14S/c1-6-13-52(65-7-2)47(54)41-37-44-43(50-45(49)38-41)39-42(67-44)9-8-40-10-14-51(15-11-40)16-18-56-20-22-58-24-26-60-28-30-62-32-34-64-36-35-63-33-31-61-29-27-59-25-23-57-21-19-55-17-12-46(53)66-48(3,4)5/h37,39-40H,6-36,38H2,1-5H3,(H2,49,50). The molecule has 18 nitrogen and oxygen atoms in total. The zero-order valence-corrected chi connectivity index (χ0v) is 42.2. The van der Waals surface area contributed by atoms with E-state index >= 15 is 0 Å². The van der Waals surface area contributed by atoms with Gasteiger partial charge in [-0.1, -0.05) is 6.92 Å². The number of carbonyl (C=O) groups excluding carboxylic acids is 2. The fourth-order valence-corrected chi connectivity index (χ4v) is 7.99. The fourth-order valence-electron chi connectivity index (χ4n) is 6.91. The number of nitrogens with zero attached hydrogens (tertiary/aromatic N) is 3. The number of hydrogen-bond acceptors (Lipinski definition) is 18. The molecule has 0 spiro atoms. The molecular weight excluding hydrogens is 889 g/mol. The van der Waals surface area contributed by atoms with Gasteiger partial charge < -0.3 is 62.7 Å². The fraction of sp³-hybridized carbons (Fsp3) is 0.812. The van der Waals surface area contributed by atoms with Gasteiger partial charge in [0, 0.05) is 30.0 Å². The number of amides is 1. The third kappa shape index (κ3) is 29.2. The van der Waals surface area contributed by atoms with Crippen LogP contribution < -0.4 is 5.73 Å². The highest BCUT2D eigenvalue weighted by Gasteiger charge is 2.24. The Morgan fingerprint density at radius 1 is 0.716 bits per heavy atom. The van der Waals surface area contributed by atoms with Crippen LogP contribution in [0.5, 0.6) is 0 Å². The molecule has 3 heterocycles. The van der Waals surface area contributed by atoms with Gasteiger partial charge in [-0.3, -0.25) is 14.4 Å². The molecule has 0 unspecified atom stereocenters. The van der Waals surface area contributed by atoms with E-state index in [0.717, 1.165) is 49.5 Å². The molecular formula is C48H84N4O14S. The second-order valence-corrected chi connectivity index (χ2v) is 18.2. The molecule has 0 atom stereocenters. The van der Waals surface area contributed by atoms with Gasteiger partial charge in [0.05, 0.1) is 156 Å². The lowest BCUT2D eigenvalue weighted by Gasteiger charge is -2.31. The highest BCUT2D eigenvalue weighted by Crippen LogP contribution is 2.36. The number of likely N-dealkylation sites (tertiary alicyclic amines) is 1. The van der Waals surface area contributed by atoms with E-state index in [1.807, 2.05) is 40.7 Å². The van der Waals surface area contributed by atoms with E-state index in [9.17, 15) is 9.59 Å². The van der Waals surface area contributed by atoms with Crippen LogP contribution in [0.25, 0.3) is 6.08 Å². The predicted molar refractivity (Wildman–Crippen MR) is 258 cm³/mol. The maximum atomic E-state index is 13.2. The number of piperidine rings is 1. The molecule has 2 aliphatic heterocycles. The minimum absolute atomic E-state index is 0.136. The van der Waals surface area contributed by atoms with Crippen molar-refractivity contribution in [3.63, 3.8) is 0 Å². The van der Waals surface area contributed by atoms with Gasteiger partial charge in [0.1, 0.15) is 11.4 Å². The molecule has 2 N–H and O–H groups in total. The first-order valence-electron chi connectivity index (χ1n) is 24.4. The second-order valence-electron chi connectivity index (χ2n) is 17.0. The van der Waals surface area contributed by atoms with E-state index in [2.05, 4.69) is 16.0 Å². The Kier molecular flexibility index (Phi) is 32.6. The molecule has 0 aromatic carbocycles. The van der Waals surface area contributed by atoms with Crippen LogP contribution in [0.1, 0.15) is 82.9 Å². The molecule has 0 aliphatic carbocycles. The average Bonchev–Trinajstić information content (AvgIpc) is 3.60. The van der Waals surface area contributed by atoms with Crippen molar-refractivity contribution in [3.05, 3.63) is 21.4 Å². The highest BCUT2D eigenvalue weighted by atomic mass is 32.1. The number of nitrogens with two attached hydrogens (primary N) is 1. The quantitative estimate of drug-likeness (QED) is 0.0508. The number of ether oxygens (including phenoxy) is 11. The van der Waals surface area contributed by atoms with Crippen molar-refractivity contribution in [3.8, 4) is 0 Å². The van der Waals surface area contributed by atoms with Gasteiger partial charge >= 0.3 is 5.97 Å². The summed E-state index contributed by atoms with van der Waals surface area (Å²) in [5.74, 6) is 0.747. The highest BCUT2D eigenvalue weighted by molar-refractivity contribution is 7.13. The van der Waals surface area contributed by atoms with Gasteiger partial charge in [0.25, 0.3) is 5.91 Å². The van der Waals surface area contributed by atoms with Crippen molar-refractivity contribution in [1.29, 1.82) is 0 Å². The molecule has 1 saturated heterocycles. The summed E-state index contributed by atoms with van der Waals surface area (Å²) < 4.78 is 60.7. The second kappa shape index (κ2) is 37.2. The summed E-state index contributed by atoms with van der Waals surface area (Å²) >= 11 is 1.71. The van der Waals surface area contributed by atoms with Crippen LogP contribution in [0, 0.1) is 5.92 Å². The number of amidine groups is 1. The van der Waals surface area contributed by atoms with Crippen molar-refractivity contribution >= 4 is 40.8 Å². The predicted octanol–water partition coefficient (Wildman–Crippen LogP) is 5.26. The van der Waals surface area contributed by atoms with E-state index in [1.165, 1.54) is 22.8 Å². The number of hydrogen-bond donors (Lipinski definition) is 1. The van der Waals surface area contributed by atoms with Gasteiger partial charge in [-0.15, -0.1) is 11.3 Å². The van der Waals surface area contributed by atoms with Gasteiger partial charge in [-0.25, -0.2) is 10.1 Å². The van der Waals surface area contributed by atoms with Crippen LogP contribution >= 0.6 is 11.3 Å². The van der Waals surface area contributed by atoms with Crippen LogP contribution in [0.4, 0.5) is 5.69 Å². The first-order chi connectivity index (χ1) is 32.6. The minimum Gasteiger partial charge on any atom is -0.460 e. The molecule has 0 radical (unpaired) electrons. The smallest absolute Gasteiger partial charge is 0.308 e. The molecule has 19 heteroatoms. The van der Waals surface area contributed by atoms with Gasteiger partial charge in [0.2, 0.25) is 0 Å². The Labute approximate surface area is 404 Å². The Hall–Kier alpha value is -2.63. The Bertz CT molecular complexity index is 1500. The summed E-state index contributed by atoms with van der Waals surface area (Å²) in [7, 11) is 0. The van der Waals surface area contributed by atoms with Crippen molar-refractivity contribution in [2.45, 2.75) is 85.2 Å². The molecule has 1 fully saturated rings. The maximum Gasteiger partial charge on any atom is 0.308 e. The molecule has 1 amide bonds. The number of fused-ring (bicyclic) bond motifs is 1. The summed E-state index contributed by atoms with van der Waals surface area (Å²) in [4.78, 5) is 39.8. The Morgan fingerprint density at radius 3 is 1.63 bits per heavy atom. The zero-order chi connectivity index (χ0) is 48.2. The third-order valence-electron chi connectivity index (χ3n) is 10.2. The largest absolute Gasteiger partial charge is 0.460 e. The van der Waals surface area contributed by atoms with Crippen molar-refractivity contribution in [1.82, 2.24) is 9.96 Å². The first kappa shape index (κ1) is 58.7. The summed E-state index contributed by atoms with van der Waals surface area (Å²) in [6, 6.07) is 2.14. The summed E-state index contributed by atoms with van der Waals surface area (Å²) in [6.45, 7) is 23.4. The number of carbonyl (C=O) groups is 2. The Morgan fingerprint density at radius 2 is 1.18 bits per heavy atom. The minimum atomic E-state index is -0.479. The first-order valence-corrected chi connectivity index (χ1v) is 25.2. The number of rotatable bonds is 41. The van der Waals surface area contributed by atoms with Crippen molar-refractivity contribution < 1.29 is 66.5 Å². The van der Waals surface area contributed by atoms with E-state index in [4.69, 9.17) is 62.7 Å². The van der Waals surface area contributed by atoms with E-state index < -0.39 is 5.60 Å². The lowest BCUT2D eigenvalue weighted by atomic mass is 9.92. The van der Waals surface area contributed by atoms with Crippen LogP contribution in [0.15, 0.2) is 16.6 Å². The van der Waals surface area contributed by atoms with E-state index in [-0.39, 0.29) is 18.3 Å². The maximum absolute atomic E-state index is 13.2. The molecule has 3 rings (SSSR count). The number of hydroxylamine groups is 2. The summed E-state index contributed by atoms with van der Waals surface area (Å²) in [5, 5.41) is 1.45. The summed E-state index contributed by atoms with van der Waals surface area (Å²) in [6.07, 6.45) is 7.85. The lowest BCUT2D eigenvalue weighted by Crippen LogP contribution is -2.36. The molecule has 2 aliphatic rings. The normalized spacial score (nSPS) is 14.8. The molecule has 1 aromatic heterocycles. The van der Waals surface area contributed by atoms with Crippen molar-refractivity contribution in [2.75, 3.05) is 165 Å². The zero-order valence-electron chi connectivity index (χ0n) is 41.4. The molecule has 0 saturated carbocycles. The third-order valence-corrected chi connectivity index (χ3v) is 11.4. The molecule has 1 aromatic rings. The van der Waals surface area contributed by atoms with E-state index in [1.54, 1.807) is 11.3 Å². The molecule has 0 bridgehead atoms. The van der Waals surface area contributed by atoms with Gasteiger partial charge in [-0.2, -0.15) is 0 Å². The number of esters is 1. The SMILES string of the molecule is CCCN(OCC)C(=O)C1=Cc2sc(CCC3CCN(CCOCCOCCOCCOCCOCCOCCOCCOCCOCCOCCC(=O)OC(C)(C)C)CC3)cc2N=C(N)C1. The number of thiophene rings is 1. The summed E-state index contributed by atoms with van der Waals surface area (Å²) in [5.41, 5.74) is 7.24. The monoisotopic (exact) mass is 973 g/mol. The van der Waals surface area contributed by atoms with Crippen LogP contribution in [0.3, 0.4) is 0 Å². The number of aliphatic imine (C=N–C) groups is 1. The van der Waals surface area contributed by atoms with Gasteiger partial charge in [-0.05, 0) is 90.9 Å². The Balaban J connectivity index is 1.01. The topological polar surface area (TPSA) is 190 Å². The molecule has 386 valence electrons. The average molecular weight is 973 g/mol. The van der Waals surface area contributed by atoms with E-state index in [0.29, 0.717) is 169 Å². The lowest BCUT2D eigenvalue weighted by molar-refractivity contribution is -0.180. The molecule has 67 heavy (non-hydrogen) atoms. The number of aryl methyl sites for hydroxylation is 1.